The number of hydrogen-bond donors (Lipinski definition) is 2. The first-order chi connectivity index (χ1) is 6.02. The number of carbonyl (C=O) groups is 2. The number of rotatable bonds is 4. The van der Waals surface area contributed by atoms with Gasteiger partial charge in [-0.15, -0.1) is 0 Å². The molecule has 0 rings (SSSR count). The first-order valence-corrected chi connectivity index (χ1v) is 3.63. The minimum Gasteiger partial charge on any atom is -0.480 e. The van der Waals surface area contributed by atoms with E-state index in [4.69, 9.17) is 9.84 Å². The summed E-state index contributed by atoms with van der Waals surface area (Å²) in [6, 6.07) is -1.10. The highest BCUT2D eigenvalue weighted by atomic mass is 16.5. The number of carboxylic acid groups (broad SMARTS) is 1. The third-order valence-electron chi connectivity index (χ3n) is 1.57. The van der Waals surface area contributed by atoms with Crippen LogP contribution >= 0.6 is 0 Å². The van der Waals surface area contributed by atoms with Crippen molar-refractivity contribution in [1.29, 1.82) is 0 Å². The Bertz CT molecular complexity index is 193. The number of aliphatic carboxylic acids is 1. The lowest BCUT2D eigenvalue weighted by atomic mass is 10.2. The largest absolute Gasteiger partial charge is 0.480 e. The molecule has 0 aromatic carbocycles. The molecule has 0 aromatic rings. The molecule has 2 N–H and O–H groups in total. The molecule has 0 bridgehead atoms. The molecule has 0 saturated heterocycles. The summed E-state index contributed by atoms with van der Waals surface area (Å²) in [5.41, 5.74) is 0. The maximum absolute atomic E-state index is 10.7. The summed E-state index contributed by atoms with van der Waals surface area (Å²) in [4.78, 5) is 21.3. The van der Waals surface area contributed by atoms with Crippen molar-refractivity contribution in [3.63, 3.8) is 0 Å². The number of nitrogens with one attached hydrogen (secondary N) is 1. The van der Waals surface area contributed by atoms with Crippen LogP contribution in [0.5, 0.6) is 0 Å². The lowest BCUT2D eigenvalue weighted by Gasteiger charge is -2.18. The minimum atomic E-state index is -1.17. The molecule has 0 aliphatic rings. The zero-order valence-corrected chi connectivity index (χ0v) is 7.73. The monoisotopic (exact) mass is 191 g/mol. The topological polar surface area (TPSA) is 84.9 Å². The minimum absolute atomic E-state index is 0.614. The summed E-state index contributed by atoms with van der Waals surface area (Å²) < 4.78 is 9.02. The van der Waals surface area contributed by atoms with Crippen LogP contribution in [0.25, 0.3) is 0 Å². The number of alkyl carbamates (subject to hydrolysis) is 1. The van der Waals surface area contributed by atoms with Crippen LogP contribution in [-0.4, -0.2) is 43.5 Å². The van der Waals surface area contributed by atoms with Gasteiger partial charge in [-0.3, -0.25) is 0 Å². The number of amides is 1. The van der Waals surface area contributed by atoms with Gasteiger partial charge in [-0.1, -0.05) is 0 Å². The van der Waals surface area contributed by atoms with Crippen molar-refractivity contribution in [1.82, 2.24) is 5.32 Å². The molecule has 2 atom stereocenters. The van der Waals surface area contributed by atoms with Crippen LogP contribution in [0.2, 0.25) is 0 Å². The summed E-state index contributed by atoms with van der Waals surface area (Å²) in [5.74, 6) is -1.17. The van der Waals surface area contributed by atoms with Gasteiger partial charge in [-0.2, -0.15) is 0 Å². The summed E-state index contributed by atoms with van der Waals surface area (Å²) in [6.07, 6.45) is -1.41. The van der Waals surface area contributed by atoms with E-state index in [1.807, 2.05) is 0 Å². The van der Waals surface area contributed by atoms with Gasteiger partial charge < -0.3 is 19.9 Å². The molecule has 1 unspecified atom stereocenters. The van der Waals surface area contributed by atoms with E-state index in [0.717, 1.165) is 7.11 Å². The Hall–Kier alpha value is -1.30. The second kappa shape index (κ2) is 5.36. The molecule has 13 heavy (non-hydrogen) atoms. The average molecular weight is 191 g/mol. The van der Waals surface area contributed by atoms with Crippen LogP contribution in [0.3, 0.4) is 0 Å². The third kappa shape index (κ3) is 3.75. The maximum Gasteiger partial charge on any atom is 0.407 e. The molecular formula is C7H13NO5. The van der Waals surface area contributed by atoms with Gasteiger partial charge in [0.2, 0.25) is 0 Å². The highest BCUT2D eigenvalue weighted by Crippen LogP contribution is 1.98. The first kappa shape index (κ1) is 11.7. The number of carboxylic acids is 1. The molecule has 0 fully saturated rings. The maximum atomic E-state index is 10.7. The van der Waals surface area contributed by atoms with Crippen LogP contribution in [0, 0.1) is 0 Å². The smallest absolute Gasteiger partial charge is 0.407 e. The fourth-order valence-electron chi connectivity index (χ4n) is 0.702. The number of hydrogen-bond acceptors (Lipinski definition) is 4. The highest BCUT2D eigenvalue weighted by molar-refractivity contribution is 5.80. The molecule has 1 amide bonds. The zero-order chi connectivity index (χ0) is 10.4. The standard InChI is InChI=1S/C7H13NO5/c1-4(12-2)5(6(9)10)8-7(11)13-3/h4-5H,1-3H3,(H,8,11)(H,9,10)/t4?,5-/m0/s1. The Kier molecular flexibility index (Phi) is 4.83. The van der Waals surface area contributed by atoms with Crippen molar-refractivity contribution in [2.45, 2.75) is 19.1 Å². The van der Waals surface area contributed by atoms with Crippen molar-refractivity contribution in [2.24, 2.45) is 0 Å². The van der Waals surface area contributed by atoms with Gasteiger partial charge in [0.25, 0.3) is 0 Å². The van der Waals surface area contributed by atoms with Crippen molar-refractivity contribution in [3.8, 4) is 0 Å². The normalized spacial score (nSPS) is 14.4. The van der Waals surface area contributed by atoms with Crippen LogP contribution in [0.1, 0.15) is 6.92 Å². The number of carbonyl (C=O) groups excluding carboxylic acids is 1. The van der Waals surface area contributed by atoms with E-state index in [9.17, 15) is 9.59 Å². The van der Waals surface area contributed by atoms with Gasteiger partial charge in [0, 0.05) is 7.11 Å². The van der Waals surface area contributed by atoms with E-state index in [1.54, 1.807) is 0 Å². The van der Waals surface area contributed by atoms with Gasteiger partial charge in [-0.05, 0) is 6.92 Å². The first-order valence-electron chi connectivity index (χ1n) is 3.63. The second-order valence-corrected chi connectivity index (χ2v) is 2.39. The molecule has 6 nitrogen and oxygen atoms in total. The van der Waals surface area contributed by atoms with E-state index < -0.39 is 24.2 Å². The average Bonchev–Trinajstić information content (AvgIpc) is 2.11. The number of ether oxygens (including phenoxy) is 2. The SMILES string of the molecule is COC(=O)N[C@H](C(=O)O)C(C)OC. The molecule has 0 aromatic heterocycles. The summed E-state index contributed by atoms with van der Waals surface area (Å²) >= 11 is 0. The lowest BCUT2D eigenvalue weighted by Crippen LogP contribution is -2.48. The molecular weight excluding hydrogens is 178 g/mol. The fraction of sp³-hybridized carbons (Fsp3) is 0.714. The molecule has 0 radical (unpaired) electrons. The highest BCUT2D eigenvalue weighted by Gasteiger charge is 2.26. The summed E-state index contributed by atoms with van der Waals surface area (Å²) in [7, 11) is 2.52. The van der Waals surface area contributed by atoms with Gasteiger partial charge >= 0.3 is 12.1 Å². The summed E-state index contributed by atoms with van der Waals surface area (Å²) in [5, 5.41) is 10.8. The molecule has 76 valence electrons. The van der Waals surface area contributed by atoms with Crippen LogP contribution < -0.4 is 5.32 Å². The fourth-order valence-corrected chi connectivity index (χ4v) is 0.702. The van der Waals surface area contributed by atoms with Gasteiger partial charge in [0.1, 0.15) is 0 Å². The third-order valence-corrected chi connectivity index (χ3v) is 1.57. The van der Waals surface area contributed by atoms with Crippen LogP contribution in [0.4, 0.5) is 4.79 Å². The van der Waals surface area contributed by atoms with E-state index in [-0.39, 0.29) is 0 Å². The Morgan fingerprint density at radius 2 is 1.92 bits per heavy atom. The molecule has 0 aliphatic carbocycles. The van der Waals surface area contributed by atoms with E-state index in [0.29, 0.717) is 0 Å². The molecule has 6 heteroatoms. The predicted molar refractivity (Wildman–Crippen MR) is 43.4 cm³/mol. The lowest BCUT2D eigenvalue weighted by molar-refractivity contribution is -0.142. The second-order valence-electron chi connectivity index (χ2n) is 2.39. The van der Waals surface area contributed by atoms with E-state index in [1.165, 1.54) is 14.0 Å². The molecule has 0 aliphatic heterocycles. The zero-order valence-electron chi connectivity index (χ0n) is 7.73. The Balaban J connectivity index is 4.26. The quantitative estimate of drug-likeness (QED) is 0.644. The summed E-state index contributed by atoms with van der Waals surface area (Å²) in [6.45, 7) is 1.54. The molecule has 0 heterocycles. The molecule has 0 spiro atoms. The predicted octanol–water partition coefficient (Wildman–Crippen LogP) is -0.169. The van der Waals surface area contributed by atoms with E-state index in [2.05, 4.69) is 10.1 Å². The van der Waals surface area contributed by atoms with Crippen LogP contribution in [-0.2, 0) is 14.3 Å². The van der Waals surface area contributed by atoms with E-state index >= 15 is 0 Å². The van der Waals surface area contributed by atoms with Gasteiger partial charge in [-0.25, -0.2) is 9.59 Å². The van der Waals surface area contributed by atoms with Crippen LogP contribution in [0.15, 0.2) is 0 Å². The van der Waals surface area contributed by atoms with Gasteiger partial charge in [0.15, 0.2) is 6.04 Å². The van der Waals surface area contributed by atoms with Crippen molar-refractivity contribution >= 4 is 12.1 Å². The number of methoxy groups -OCH3 is 2. The van der Waals surface area contributed by atoms with Crippen molar-refractivity contribution < 1.29 is 24.2 Å². The Morgan fingerprint density at radius 3 is 2.23 bits per heavy atom. The molecule has 0 saturated carbocycles. The van der Waals surface area contributed by atoms with Crippen molar-refractivity contribution in [2.75, 3.05) is 14.2 Å². The Morgan fingerprint density at radius 1 is 1.38 bits per heavy atom. The Labute approximate surface area is 75.8 Å². The van der Waals surface area contributed by atoms with Crippen molar-refractivity contribution in [3.05, 3.63) is 0 Å². The van der Waals surface area contributed by atoms with Gasteiger partial charge in [0.05, 0.1) is 13.2 Å².